The third-order valence-electron chi connectivity index (χ3n) is 3.30. The summed E-state index contributed by atoms with van der Waals surface area (Å²) in [6, 6.07) is 4.45. The summed E-state index contributed by atoms with van der Waals surface area (Å²) >= 11 is 0. The highest BCUT2D eigenvalue weighted by Gasteiger charge is 2.29. The summed E-state index contributed by atoms with van der Waals surface area (Å²) in [6.45, 7) is 5.29. The highest BCUT2D eigenvalue weighted by atomic mass is 19.1. The van der Waals surface area contributed by atoms with Crippen LogP contribution in [0.2, 0.25) is 0 Å². The lowest BCUT2D eigenvalue weighted by molar-refractivity contribution is -0.143. The van der Waals surface area contributed by atoms with E-state index in [-0.39, 0.29) is 17.8 Å². The van der Waals surface area contributed by atoms with E-state index >= 15 is 0 Å². The Morgan fingerprint density at radius 1 is 1.55 bits per heavy atom. The van der Waals surface area contributed by atoms with E-state index in [1.807, 2.05) is 6.92 Å². The summed E-state index contributed by atoms with van der Waals surface area (Å²) in [6.07, 6.45) is 0.885. The quantitative estimate of drug-likeness (QED) is 0.814. The van der Waals surface area contributed by atoms with E-state index in [9.17, 15) is 9.18 Å². The number of cyclic esters (lactones) is 1. The van der Waals surface area contributed by atoms with Gasteiger partial charge in [0.05, 0.1) is 6.61 Å². The first-order chi connectivity index (χ1) is 9.61. The third kappa shape index (κ3) is 3.48. The topological polar surface area (TPSA) is 47.6 Å². The summed E-state index contributed by atoms with van der Waals surface area (Å²) in [5.74, 6) is -0.350. The Kier molecular flexibility index (Phi) is 4.95. The van der Waals surface area contributed by atoms with Crippen molar-refractivity contribution in [2.45, 2.75) is 38.8 Å². The second-order valence-electron chi connectivity index (χ2n) is 4.92. The van der Waals surface area contributed by atoms with Gasteiger partial charge in [0.15, 0.2) is 6.10 Å². The van der Waals surface area contributed by atoms with Gasteiger partial charge in [0.1, 0.15) is 11.6 Å². The number of hydrogen-bond donors (Lipinski definition) is 1. The van der Waals surface area contributed by atoms with Crippen molar-refractivity contribution in [3.8, 4) is 5.75 Å². The van der Waals surface area contributed by atoms with E-state index in [0.717, 1.165) is 18.5 Å². The molecule has 2 atom stereocenters. The Bertz CT molecular complexity index is 478. The number of nitrogens with one attached hydrogen (secondary N) is 1. The molecule has 1 aromatic carbocycles. The third-order valence-corrected chi connectivity index (χ3v) is 3.30. The second-order valence-corrected chi connectivity index (χ2v) is 4.92. The molecule has 1 heterocycles. The van der Waals surface area contributed by atoms with Crippen LogP contribution in [0, 0.1) is 5.82 Å². The number of ether oxygens (including phenoxy) is 2. The van der Waals surface area contributed by atoms with Crippen LogP contribution in [0.5, 0.6) is 5.75 Å². The van der Waals surface area contributed by atoms with Crippen molar-refractivity contribution in [2.24, 2.45) is 0 Å². The summed E-state index contributed by atoms with van der Waals surface area (Å²) in [4.78, 5) is 11.5. The fourth-order valence-electron chi connectivity index (χ4n) is 2.18. The number of rotatable bonds is 6. The van der Waals surface area contributed by atoms with Crippen molar-refractivity contribution in [2.75, 3.05) is 13.2 Å². The fraction of sp³-hybridized carbons (Fsp3) is 0.533. The molecule has 0 radical (unpaired) electrons. The summed E-state index contributed by atoms with van der Waals surface area (Å²) < 4.78 is 23.9. The Balaban J connectivity index is 2.16. The van der Waals surface area contributed by atoms with Gasteiger partial charge in [-0.05, 0) is 26.0 Å². The molecule has 4 nitrogen and oxygen atoms in total. The maximum absolute atomic E-state index is 13.4. The smallest absolute Gasteiger partial charge is 0.347 e. The zero-order chi connectivity index (χ0) is 14.5. The van der Waals surface area contributed by atoms with Gasteiger partial charge in [-0.1, -0.05) is 13.0 Å². The van der Waals surface area contributed by atoms with Crippen molar-refractivity contribution in [3.63, 3.8) is 0 Å². The molecule has 20 heavy (non-hydrogen) atoms. The van der Waals surface area contributed by atoms with E-state index < -0.39 is 6.10 Å². The highest BCUT2D eigenvalue weighted by molar-refractivity contribution is 5.76. The van der Waals surface area contributed by atoms with Crippen LogP contribution in [0.15, 0.2) is 18.2 Å². The largest absolute Gasteiger partial charge is 0.478 e. The number of esters is 1. The van der Waals surface area contributed by atoms with Crippen LogP contribution in [-0.4, -0.2) is 25.2 Å². The highest BCUT2D eigenvalue weighted by Crippen LogP contribution is 2.28. The van der Waals surface area contributed by atoms with Gasteiger partial charge in [0, 0.05) is 24.1 Å². The minimum Gasteiger partial charge on any atom is -0.478 e. The minimum atomic E-state index is -0.631. The normalized spacial score (nSPS) is 19.8. The molecule has 0 aliphatic carbocycles. The molecule has 1 aromatic rings. The molecule has 0 aromatic heterocycles. The lowest BCUT2D eigenvalue weighted by Crippen LogP contribution is -2.24. The molecule has 1 aliphatic rings. The predicted octanol–water partition coefficient (Wildman–Crippen LogP) is 2.58. The standard InChI is InChI=1S/C15H20FNO3/c1-3-7-17-10(2)12-5-4-11(16)9-14(12)20-13-6-8-19-15(13)18/h4-5,9-10,13,17H,3,6-8H2,1-2H3. The van der Waals surface area contributed by atoms with Crippen molar-refractivity contribution in [1.82, 2.24) is 5.32 Å². The van der Waals surface area contributed by atoms with Crippen LogP contribution in [0.4, 0.5) is 4.39 Å². The Labute approximate surface area is 118 Å². The molecule has 5 heteroatoms. The van der Waals surface area contributed by atoms with Crippen LogP contribution in [-0.2, 0) is 9.53 Å². The van der Waals surface area contributed by atoms with Crippen LogP contribution >= 0.6 is 0 Å². The van der Waals surface area contributed by atoms with Crippen molar-refractivity contribution in [1.29, 1.82) is 0 Å². The van der Waals surface area contributed by atoms with E-state index in [1.165, 1.54) is 12.1 Å². The molecular formula is C15H20FNO3. The average Bonchev–Trinajstić information content (AvgIpc) is 2.82. The van der Waals surface area contributed by atoms with Crippen molar-refractivity contribution >= 4 is 5.97 Å². The predicted molar refractivity (Wildman–Crippen MR) is 73.1 cm³/mol. The molecule has 1 N–H and O–H groups in total. The van der Waals surface area contributed by atoms with Gasteiger partial charge in [0.2, 0.25) is 0 Å². The van der Waals surface area contributed by atoms with Gasteiger partial charge < -0.3 is 14.8 Å². The fourth-order valence-corrected chi connectivity index (χ4v) is 2.18. The maximum atomic E-state index is 13.4. The summed E-state index contributed by atoms with van der Waals surface area (Å²) in [5.41, 5.74) is 0.847. The van der Waals surface area contributed by atoms with E-state index in [1.54, 1.807) is 6.07 Å². The second kappa shape index (κ2) is 6.70. The average molecular weight is 281 g/mol. The molecule has 1 aliphatic heterocycles. The van der Waals surface area contributed by atoms with Crippen LogP contribution in [0.1, 0.15) is 38.3 Å². The van der Waals surface area contributed by atoms with Gasteiger partial charge in [-0.15, -0.1) is 0 Å². The molecule has 110 valence electrons. The first-order valence-electron chi connectivity index (χ1n) is 6.98. The SMILES string of the molecule is CCCNC(C)c1ccc(F)cc1OC1CCOC1=O. The van der Waals surface area contributed by atoms with Crippen LogP contribution < -0.4 is 10.1 Å². The first kappa shape index (κ1) is 14.8. The molecular weight excluding hydrogens is 261 g/mol. The lowest BCUT2D eigenvalue weighted by Gasteiger charge is -2.19. The molecule has 0 saturated carbocycles. The minimum absolute atomic E-state index is 0.0305. The Hall–Kier alpha value is -1.62. The van der Waals surface area contributed by atoms with Crippen LogP contribution in [0.25, 0.3) is 0 Å². The number of carbonyl (C=O) groups is 1. The molecule has 0 amide bonds. The number of hydrogen-bond acceptors (Lipinski definition) is 4. The van der Waals surface area contributed by atoms with Crippen LogP contribution in [0.3, 0.4) is 0 Å². The van der Waals surface area contributed by atoms with Gasteiger partial charge in [-0.2, -0.15) is 0 Å². The van der Waals surface area contributed by atoms with E-state index in [2.05, 4.69) is 12.2 Å². The zero-order valence-electron chi connectivity index (χ0n) is 11.8. The van der Waals surface area contributed by atoms with Crippen molar-refractivity contribution < 1.29 is 18.7 Å². The van der Waals surface area contributed by atoms with Gasteiger partial charge in [-0.25, -0.2) is 9.18 Å². The lowest BCUT2D eigenvalue weighted by atomic mass is 10.1. The molecule has 1 fully saturated rings. The number of carbonyl (C=O) groups excluding carboxylic acids is 1. The summed E-state index contributed by atoms with van der Waals surface area (Å²) in [7, 11) is 0. The molecule has 2 unspecified atom stereocenters. The number of halogens is 1. The van der Waals surface area contributed by atoms with E-state index in [4.69, 9.17) is 9.47 Å². The molecule has 0 spiro atoms. The zero-order valence-corrected chi connectivity index (χ0v) is 11.8. The Morgan fingerprint density at radius 3 is 3.00 bits per heavy atom. The Morgan fingerprint density at radius 2 is 2.35 bits per heavy atom. The van der Waals surface area contributed by atoms with Gasteiger partial charge in [0.25, 0.3) is 0 Å². The van der Waals surface area contributed by atoms with Crippen molar-refractivity contribution in [3.05, 3.63) is 29.6 Å². The summed E-state index contributed by atoms with van der Waals surface area (Å²) in [5, 5.41) is 3.33. The maximum Gasteiger partial charge on any atom is 0.347 e. The molecule has 1 saturated heterocycles. The molecule has 2 rings (SSSR count). The van der Waals surface area contributed by atoms with E-state index in [0.29, 0.717) is 18.8 Å². The molecule has 0 bridgehead atoms. The van der Waals surface area contributed by atoms with Gasteiger partial charge in [-0.3, -0.25) is 0 Å². The van der Waals surface area contributed by atoms with Gasteiger partial charge >= 0.3 is 5.97 Å². The number of benzene rings is 1. The monoisotopic (exact) mass is 281 g/mol. The first-order valence-corrected chi connectivity index (χ1v) is 6.98.